The fraction of sp³-hybridized carbons (Fsp3) is 0.458. The van der Waals surface area contributed by atoms with E-state index in [-0.39, 0.29) is 17.9 Å². The zero-order chi connectivity index (χ0) is 24.2. The predicted molar refractivity (Wildman–Crippen MR) is 136 cm³/mol. The molecule has 0 aliphatic carbocycles. The van der Waals surface area contributed by atoms with Gasteiger partial charge in [-0.25, -0.2) is 4.98 Å². The summed E-state index contributed by atoms with van der Waals surface area (Å²) < 4.78 is 0. The van der Waals surface area contributed by atoms with Crippen LogP contribution in [0.1, 0.15) is 29.8 Å². The molecule has 1 fully saturated rings. The lowest BCUT2D eigenvalue weighted by molar-refractivity contribution is -0.123. The minimum Gasteiger partial charge on any atom is -0.367 e. The summed E-state index contributed by atoms with van der Waals surface area (Å²) in [6.07, 6.45) is 1.63. The van der Waals surface area contributed by atoms with Crippen molar-refractivity contribution in [3.8, 4) is 0 Å². The van der Waals surface area contributed by atoms with Crippen LogP contribution in [-0.2, 0) is 11.3 Å². The molecule has 0 radical (unpaired) electrons. The molecule has 0 atom stereocenters. The number of nitrogens with one attached hydrogen (secondary N) is 2. The summed E-state index contributed by atoms with van der Waals surface area (Å²) in [5.41, 5.74) is 2.35. The van der Waals surface area contributed by atoms with E-state index < -0.39 is 0 Å². The van der Waals surface area contributed by atoms with Gasteiger partial charge in [0.2, 0.25) is 5.91 Å². The van der Waals surface area contributed by atoms with Crippen molar-refractivity contribution in [1.82, 2.24) is 20.1 Å². The van der Waals surface area contributed by atoms with Crippen LogP contribution in [0.4, 0.5) is 11.5 Å². The van der Waals surface area contributed by atoms with Crippen LogP contribution in [-0.4, -0.2) is 78.5 Å². The van der Waals surface area contributed by atoms with E-state index in [1.54, 1.807) is 18.3 Å². The maximum absolute atomic E-state index is 13.2. The van der Waals surface area contributed by atoms with Crippen LogP contribution in [0.15, 0.2) is 30.5 Å². The number of anilines is 2. The summed E-state index contributed by atoms with van der Waals surface area (Å²) in [7, 11) is 0. The lowest BCUT2D eigenvalue weighted by Crippen LogP contribution is -2.51. The first kappa shape index (κ1) is 24.6. The van der Waals surface area contributed by atoms with Gasteiger partial charge in [0.1, 0.15) is 5.82 Å². The van der Waals surface area contributed by atoms with Crippen LogP contribution in [0.25, 0.3) is 0 Å². The van der Waals surface area contributed by atoms with Crippen LogP contribution >= 0.6 is 23.2 Å². The standard InChI is InChI=1S/C24H30Cl2N6O2/c1-16(2)29-22(33)15-30-7-9-31(10-8-30)24(34)17-12-21-23(28-13-17)27-5-6-32(21)14-18-11-19(25)3-4-20(18)26/h3-4,11-13,16H,5-10,14-15H2,1-2H3,(H,27,28)(H,29,33). The van der Waals surface area contributed by atoms with Gasteiger partial charge in [-0.3, -0.25) is 14.5 Å². The molecule has 8 nitrogen and oxygen atoms in total. The van der Waals surface area contributed by atoms with E-state index in [2.05, 4.69) is 25.4 Å². The molecule has 34 heavy (non-hydrogen) atoms. The molecule has 182 valence electrons. The quantitative estimate of drug-likeness (QED) is 0.628. The lowest BCUT2D eigenvalue weighted by Gasteiger charge is -2.35. The largest absolute Gasteiger partial charge is 0.367 e. The van der Waals surface area contributed by atoms with E-state index in [1.165, 1.54) is 0 Å². The molecular formula is C24H30Cl2N6O2. The molecule has 10 heteroatoms. The van der Waals surface area contributed by atoms with Gasteiger partial charge in [0.15, 0.2) is 0 Å². The van der Waals surface area contributed by atoms with Gasteiger partial charge in [-0.05, 0) is 43.7 Å². The molecule has 1 saturated heterocycles. The fourth-order valence-electron chi connectivity index (χ4n) is 4.27. The van der Waals surface area contributed by atoms with Gasteiger partial charge in [0, 0.05) is 68.1 Å². The maximum Gasteiger partial charge on any atom is 0.255 e. The lowest BCUT2D eigenvalue weighted by atomic mass is 10.1. The van der Waals surface area contributed by atoms with Gasteiger partial charge < -0.3 is 20.4 Å². The van der Waals surface area contributed by atoms with Crippen molar-refractivity contribution in [1.29, 1.82) is 0 Å². The second-order valence-electron chi connectivity index (χ2n) is 8.97. The Bertz CT molecular complexity index is 1060. The zero-order valence-corrected chi connectivity index (χ0v) is 21.0. The number of nitrogens with zero attached hydrogens (tertiary/aromatic N) is 4. The van der Waals surface area contributed by atoms with Crippen LogP contribution in [0.5, 0.6) is 0 Å². The van der Waals surface area contributed by atoms with Crippen molar-refractivity contribution in [3.05, 3.63) is 51.6 Å². The monoisotopic (exact) mass is 504 g/mol. The van der Waals surface area contributed by atoms with Crippen molar-refractivity contribution in [2.45, 2.75) is 26.4 Å². The van der Waals surface area contributed by atoms with Crippen molar-refractivity contribution in [3.63, 3.8) is 0 Å². The van der Waals surface area contributed by atoms with Crippen molar-refractivity contribution < 1.29 is 9.59 Å². The smallest absolute Gasteiger partial charge is 0.255 e. The van der Waals surface area contributed by atoms with Crippen LogP contribution < -0.4 is 15.5 Å². The third kappa shape index (κ3) is 5.92. The molecule has 1 aromatic heterocycles. The number of amides is 2. The highest BCUT2D eigenvalue weighted by molar-refractivity contribution is 6.33. The van der Waals surface area contributed by atoms with Gasteiger partial charge >= 0.3 is 0 Å². The first-order valence-corrected chi connectivity index (χ1v) is 12.3. The second kappa shape index (κ2) is 10.8. The van der Waals surface area contributed by atoms with Gasteiger partial charge in [-0.1, -0.05) is 23.2 Å². The molecule has 3 heterocycles. The fourth-order valence-corrected chi connectivity index (χ4v) is 4.65. The Hall–Kier alpha value is -2.55. The van der Waals surface area contributed by atoms with E-state index in [1.807, 2.05) is 30.9 Å². The average Bonchev–Trinajstić information content (AvgIpc) is 2.81. The third-order valence-electron chi connectivity index (χ3n) is 5.97. The van der Waals surface area contributed by atoms with Crippen LogP contribution in [0.3, 0.4) is 0 Å². The SMILES string of the molecule is CC(C)NC(=O)CN1CCN(C(=O)c2cnc3c(c2)N(Cc2cc(Cl)ccc2Cl)CCN3)CC1. The number of hydrogen-bond donors (Lipinski definition) is 2. The van der Waals surface area contributed by atoms with Crippen molar-refractivity contribution in [2.75, 3.05) is 56.0 Å². The van der Waals surface area contributed by atoms with Crippen LogP contribution in [0.2, 0.25) is 10.0 Å². The van der Waals surface area contributed by atoms with E-state index in [0.29, 0.717) is 54.9 Å². The number of piperazine rings is 1. The van der Waals surface area contributed by atoms with E-state index >= 15 is 0 Å². The number of aromatic nitrogens is 1. The third-order valence-corrected chi connectivity index (χ3v) is 6.58. The number of fused-ring (bicyclic) bond motifs is 1. The molecule has 0 unspecified atom stereocenters. The van der Waals surface area contributed by atoms with Crippen LogP contribution in [0, 0.1) is 0 Å². The van der Waals surface area contributed by atoms with Crippen molar-refractivity contribution >= 4 is 46.5 Å². The first-order chi connectivity index (χ1) is 16.3. The summed E-state index contributed by atoms with van der Waals surface area (Å²) in [5, 5.41) is 7.51. The number of rotatable bonds is 6. The topological polar surface area (TPSA) is 80.8 Å². The second-order valence-corrected chi connectivity index (χ2v) is 9.81. The van der Waals surface area contributed by atoms with Gasteiger partial charge in [-0.15, -0.1) is 0 Å². The molecule has 4 rings (SSSR count). The van der Waals surface area contributed by atoms with Gasteiger partial charge in [0.25, 0.3) is 5.91 Å². The molecular weight excluding hydrogens is 475 g/mol. The summed E-state index contributed by atoms with van der Waals surface area (Å²) in [6.45, 7) is 8.80. The molecule has 0 saturated carbocycles. The Labute approximate surface area is 210 Å². The highest BCUT2D eigenvalue weighted by Gasteiger charge is 2.26. The van der Waals surface area contributed by atoms with Crippen molar-refractivity contribution in [2.24, 2.45) is 0 Å². The Morgan fingerprint density at radius 1 is 1.12 bits per heavy atom. The number of benzene rings is 1. The Morgan fingerprint density at radius 3 is 2.62 bits per heavy atom. The highest BCUT2D eigenvalue weighted by atomic mass is 35.5. The number of carbonyl (C=O) groups excluding carboxylic acids is 2. The van der Waals surface area contributed by atoms with E-state index in [9.17, 15) is 9.59 Å². The molecule has 1 aromatic carbocycles. The highest BCUT2D eigenvalue weighted by Crippen LogP contribution is 2.31. The number of pyridine rings is 1. The summed E-state index contributed by atoms with van der Waals surface area (Å²) in [4.78, 5) is 35.9. The van der Waals surface area contributed by atoms with E-state index in [4.69, 9.17) is 23.2 Å². The Kier molecular flexibility index (Phi) is 7.80. The molecule has 2 aromatic rings. The summed E-state index contributed by atoms with van der Waals surface area (Å²) in [6, 6.07) is 7.46. The number of carbonyl (C=O) groups is 2. The molecule has 0 bridgehead atoms. The molecule has 2 aliphatic heterocycles. The molecule has 2 N–H and O–H groups in total. The zero-order valence-electron chi connectivity index (χ0n) is 19.5. The minimum absolute atomic E-state index is 0.0149. The normalized spacial score (nSPS) is 16.3. The first-order valence-electron chi connectivity index (χ1n) is 11.5. The summed E-state index contributed by atoms with van der Waals surface area (Å²) >= 11 is 12.6. The number of halogens is 2. The van der Waals surface area contributed by atoms with Gasteiger partial charge in [0.05, 0.1) is 17.8 Å². The van der Waals surface area contributed by atoms with Gasteiger partial charge in [-0.2, -0.15) is 0 Å². The Balaban J connectivity index is 1.43. The number of hydrogen-bond acceptors (Lipinski definition) is 6. The average molecular weight is 505 g/mol. The summed E-state index contributed by atoms with van der Waals surface area (Å²) in [5.74, 6) is 0.718. The molecule has 0 spiro atoms. The Morgan fingerprint density at radius 2 is 1.88 bits per heavy atom. The maximum atomic E-state index is 13.2. The predicted octanol–water partition coefficient (Wildman–Crippen LogP) is 3.10. The van der Waals surface area contributed by atoms with E-state index in [0.717, 1.165) is 30.2 Å². The molecule has 2 aliphatic rings. The minimum atomic E-state index is -0.0482. The molecule has 2 amide bonds.